The number of hydrogen-bond donors (Lipinski definition) is 0. The smallest absolute Gasteiger partial charge is 0.253 e. The first-order chi connectivity index (χ1) is 15.7. The van der Waals surface area contributed by atoms with E-state index in [-0.39, 0.29) is 11.8 Å². The van der Waals surface area contributed by atoms with E-state index in [1.807, 2.05) is 17.0 Å². The van der Waals surface area contributed by atoms with E-state index in [4.69, 9.17) is 24.2 Å². The molecule has 32 heavy (non-hydrogen) atoms. The minimum absolute atomic E-state index is 0.0395. The number of aryl methyl sites for hydroxylation is 1. The van der Waals surface area contributed by atoms with E-state index < -0.39 is 0 Å². The molecule has 0 N–H and O–H groups in total. The molecule has 2 aromatic rings. The SMILES string of the molecule is CCc1cc(N2CCOCC2)nc(C2CCN(C(=O)c3ccc4c(c3)OCCO4)CC2)n1. The van der Waals surface area contributed by atoms with E-state index >= 15 is 0 Å². The van der Waals surface area contributed by atoms with Gasteiger partial charge in [-0.25, -0.2) is 9.97 Å². The molecule has 5 rings (SSSR count). The van der Waals surface area contributed by atoms with Gasteiger partial charge in [0.25, 0.3) is 5.91 Å². The van der Waals surface area contributed by atoms with Gasteiger partial charge in [0.15, 0.2) is 11.5 Å². The molecule has 2 fully saturated rings. The summed E-state index contributed by atoms with van der Waals surface area (Å²) >= 11 is 0. The van der Waals surface area contributed by atoms with Crippen molar-refractivity contribution in [3.63, 3.8) is 0 Å². The molecule has 8 heteroatoms. The van der Waals surface area contributed by atoms with E-state index in [0.29, 0.717) is 43.4 Å². The molecular formula is C24H30N4O4. The Balaban J connectivity index is 1.26. The number of likely N-dealkylation sites (tertiary alicyclic amines) is 1. The van der Waals surface area contributed by atoms with Crippen molar-refractivity contribution in [2.75, 3.05) is 57.5 Å². The van der Waals surface area contributed by atoms with Gasteiger partial charge in [-0.3, -0.25) is 4.79 Å². The molecule has 0 aliphatic carbocycles. The Bertz CT molecular complexity index is 968. The van der Waals surface area contributed by atoms with Gasteiger partial charge < -0.3 is 24.0 Å². The molecule has 1 aromatic carbocycles. The van der Waals surface area contributed by atoms with E-state index in [1.54, 1.807) is 6.07 Å². The highest BCUT2D eigenvalue weighted by Gasteiger charge is 2.28. The first kappa shape index (κ1) is 21.0. The molecule has 1 aromatic heterocycles. The fraction of sp³-hybridized carbons (Fsp3) is 0.542. The number of aromatic nitrogens is 2. The van der Waals surface area contributed by atoms with Crippen molar-refractivity contribution in [1.29, 1.82) is 0 Å². The number of morpholine rings is 1. The second-order valence-corrected chi connectivity index (χ2v) is 8.45. The quantitative estimate of drug-likeness (QED) is 0.726. The number of piperidine rings is 1. The number of hydrogen-bond acceptors (Lipinski definition) is 7. The maximum atomic E-state index is 13.1. The summed E-state index contributed by atoms with van der Waals surface area (Å²) in [6.45, 7) is 7.78. The molecule has 8 nitrogen and oxygen atoms in total. The number of carbonyl (C=O) groups is 1. The van der Waals surface area contributed by atoms with Crippen molar-refractivity contribution in [3.8, 4) is 11.5 Å². The van der Waals surface area contributed by atoms with Gasteiger partial charge in [0.2, 0.25) is 0 Å². The van der Waals surface area contributed by atoms with Crippen LogP contribution in [0, 0.1) is 0 Å². The lowest BCUT2D eigenvalue weighted by Gasteiger charge is -2.33. The van der Waals surface area contributed by atoms with Crippen LogP contribution in [0.2, 0.25) is 0 Å². The van der Waals surface area contributed by atoms with Crippen molar-refractivity contribution in [1.82, 2.24) is 14.9 Å². The number of rotatable bonds is 4. The summed E-state index contributed by atoms with van der Waals surface area (Å²) < 4.78 is 16.7. The predicted octanol–water partition coefficient (Wildman–Crippen LogP) is 2.67. The Kier molecular flexibility index (Phi) is 6.12. The van der Waals surface area contributed by atoms with Crippen LogP contribution < -0.4 is 14.4 Å². The van der Waals surface area contributed by atoms with Gasteiger partial charge in [-0.1, -0.05) is 6.92 Å². The third-order valence-corrected chi connectivity index (χ3v) is 6.42. The second-order valence-electron chi connectivity index (χ2n) is 8.45. The minimum atomic E-state index is 0.0395. The lowest BCUT2D eigenvalue weighted by atomic mass is 9.95. The van der Waals surface area contributed by atoms with Crippen LogP contribution in [-0.2, 0) is 11.2 Å². The normalized spacial score (nSPS) is 19.2. The molecule has 2 saturated heterocycles. The Morgan fingerprint density at radius 1 is 0.969 bits per heavy atom. The zero-order valence-electron chi connectivity index (χ0n) is 18.6. The number of ether oxygens (including phenoxy) is 3. The third kappa shape index (κ3) is 4.37. The van der Waals surface area contributed by atoms with Crippen molar-refractivity contribution < 1.29 is 19.0 Å². The average Bonchev–Trinajstić information content (AvgIpc) is 2.88. The molecule has 0 saturated carbocycles. The van der Waals surface area contributed by atoms with Gasteiger partial charge in [0, 0.05) is 49.4 Å². The van der Waals surface area contributed by atoms with Crippen LogP contribution in [0.4, 0.5) is 5.82 Å². The van der Waals surface area contributed by atoms with Gasteiger partial charge in [-0.2, -0.15) is 0 Å². The highest BCUT2D eigenvalue weighted by atomic mass is 16.6. The van der Waals surface area contributed by atoms with Crippen LogP contribution in [0.15, 0.2) is 24.3 Å². The van der Waals surface area contributed by atoms with Crippen molar-refractivity contribution in [3.05, 3.63) is 41.3 Å². The van der Waals surface area contributed by atoms with Crippen LogP contribution >= 0.6 is 0 Å². The van der Waals surface area contributed by atoms with E-state index in [0.717, 1.165) is 62.9 Å². The number of amides is 1. The Labute approximate surface area is 188 Å². The summed E-state index contributed by atoms with van der Waals surface area (Å²) in [5.41, 5.74) is 1.72. The topological polar surface area (TPSA) is 77.0 Å². The van der Waals surface area contributed by atoms with Crippen LogP contribution in [0.3, 0.4) is 0 Å². The Morgan fingerprint density at radius 2 is 1.72 bits per heavy atom. The van der Waals surface area contributed by atoms with Gasteiger partial charge >= 0.3 is 0 Å². The van der Waals surface area contributed by atoms with Crippen LogP contribution in [0.25, 0.3) is 0 Å². The minimum Gasteiger partial charge on any atom is -0.486 e. The maximum absolute atomic E-state index is 13.1. The molecular weight excluding hydrogens is 408 g/mol. The molecule has 170 valence electrons. The summed E-state index contributed by atoms with van der Waals surface area (Å²) in [7, 11) is 0. The molecule has 0 bridgehead atoms. The summed E-state index contributed by atoms with van der Waals surface area (Å²) in [6, 6.07) is 7.55. The second kappa shape index (κ2) is 9.32. The average molecular weight is 439 g/mol. The third-order valence-electron chi connectivity index (χ3n) is 6.42. The fourth-order valence-corrected chi connectivity index (χ4v) is 4.52. The zero-order valence-corrected chi connectivity index (χ0v) is 18.6. The van der Waals surface area contributed by atoms with Crippen LogP contribution in [-0.4, -0.2) is 73.4 Å². The molecule has 0 radical (unpaired) electrons. The number of carbonyl (C=O) groups excluding carboxylic acids is 1. The van der Waals surface area contributed by atoms with Gasteiger partial charge in [0.05, 0.1) is 13.2 Å². The summed E-state index contributed by atoms with van der Waals surface area (Å²) in [5.74, 6) is 3.58. The molecule has 1 amide bonds. The first-order valence-electron chi connectivity index (χ1n) is 11.6. The van der Waals surface area contributed by atoms with Gasteiger partial charge in [-0.05, 0) is 37.5 Å². The van der Waals surface area contributed by atoms with Gasteiger partial charge in [-0.15, -0.1) is 0 Å². The van der Waals surface area contributed by atoms with Crippen molar-refractivity contribution in [2.24, 2.45) is 0 Å². The molecule has 0 spiro atoms. The number of nitrogens with zero attached hydrogens (tertiary/aromatic N) is 4. The Hall–Kier alpha value is -2.87. The van der Waals surface area contributed by atoms with E-state index in [9.17, 15) is 4.79 Å². The molecule has 3 aliphatic rings. The van der Waals surface area contributed by atoms with Crippen LogP contribution in [0.5, 0.6) is 11.5 Å². The molecule has 3 aliphatic heterocycles. The summed E-state index contributed by atoms with van der Waals surface area (Å²) in [6.07, 6.45) is 2.62. The standard InChI is InChI=1S/C24H30N4O4/c1-2-19-16-22(27-9-11-30-12-10-27)26-23(25-19)17-5-7-28(8-6-17)24(29)18-3-4-20-21(15-18)32-14-13-31-20/h3-4,15-17H,2,5-14H2,1H3. The summed E-state index contributed by atoms with van der Waals surface area (Å²) in [4.78, 5) is 27.1. The lowest BCUT2D eigenvalue weighted by Crippen LogP contribution is -2.39. The van der Waals surface area contributed by atoms with Crippen molar-refractivity contribution in [2.45, 2.75) is 32.1 Å². The van der Waals surface area contributed by atoms with E-state index in [1.165, 1.54) is 0 Å². The molecule has 4 heterocycles. The first-order valence-corrected chi connectivity index (χ1v) is 11.6. The lowest BCUT2D eigenvalue weighted by molar-refractivity contribution is 0.0710. The highest BCUT2D eigenvalue weighted by molar-refractivity contribution is 5.95. The summed E-state index contributed by atoms with van der Waals surface area (Å²) in [5, 5.41) is 0. The predicted molar refractivity (Wildman–Crippen MR) is 120 cm³/mol. The maximum Gasteiger partial charge on any atom is 0.253 e. The molecule has 0 unspecified atom stereocenters. The number of benzene rings is 1. The Morgan fingerprint density at radius 3 is 2.47 bits per heavy atom. The zero-order chi connectivity index (χ0) is 21.9. The molecule has 0 atom stereocenters. The fourth-order valence-electron chi connectivity index (χ4n) is 4.52. The van der Waals surface area contributed by atoms with Crippen LogP contribution in [0.1, 0.15) is 47.6 Å². The largest absolute Gasteiger partial charge is 0.486 e. The van der Waals surface area contributed by atoms with Crippen molar-refractivity contribution >= 4 is 11.7 Å². The number of fused-ring (bicyclic) bond motifs is 1. The number of anilines is 1. The van der Waals surface area contributed by atoms with Gasteiger partial charge in [0.1, 0.15) is 24.9 Å². The van der Waals surface area contributed by atoms with E-state index in [2.05, 4.69) is 17.9 Å². The highest BCUT2D eigenvalue weighted by Crippen LogP contribution is 2.32. The monoisotopic (exact) mass is 438 g/mol.